The zero-order valence-electron chi connectivity index (χ0n) is 7.67. The highest BCUT2D eigenvalue weighted by Gasteiger charge is 2.15. The first-order chi connectivity index (χ1) is 7.13. The summed E-state index contributed by atoms with van der Waals surface area (Å²) < 4.78 is 18.4. The Morgan fingerprint density at radius 3 is 2.93 bits per heavy atom. The molecule has 6 heteroatoms. The predicted octanol–water partition coefficient (Wildman–Crippen LogP) is 2.25. The Morgan fingerprint density at radius 2 is 2.33 bits per heavy atom. The molecule has 2 aromatic rings. The maximum atomic E-state index is 13.3. The van der Waals surface area contributed by atoms with Crippen molar-refractivity contribution in [1.29, 1.82) is 0 Å². The summed E-state index contributed by atoms with van der Waals surface area (Å²) >= 11 is 3.23. The largest absolute Gasteiger partial charge is 0.463 e. The number of halogens is 2. The van der Waals surface area contributed by atoms with Crippen molar-refractivity contribution in [3.05, 3.63) is 28.2 Å². The summed E-state index contributed by atoms with van der Waals surface area (Å²) in [6.45, 7) is 0. The molecular formula is C9H6BrFN2O2. The van der Waals surface area contributed by atoms with Crippen molar-refractivity contribution in [2.45, 2.75) is 0 Å². The number of hydrogen-bond donors (Lipinski definition) is 1. The molecule has 0 aliphatic rings. The summed E-state index contributed by atoms with van der Waals surface area (Å²) in [7, 11) is 1.24. The first-order valence-corrected chi connectivity index (χ1v) is 4.85. The Hall–Kier alpha value is -1.43. The van der Waals surface area contributed by atoms with Crippen LogP contribution in [0.2, 0.25) is 0 Å². The number of ether oxygens (including phenoxy) is 1. The number of fused-ring (bicyclic) bond motifs is 1. The van der Waals surface area contributed by atoms with E-state index in [1.54, 1.807) is 0 Å². The Kier molecular flexibility index (Phi) is 2.44. The number of aromatic nitrogens is 2. The summed E-state index contributed by atoms with van der Waals surface area (Å²) in [5, 5.41) is 0. The minimum absolute atomic E-state index is 0.0155. The molecule has 2 rings (SSSR count). The van der Waals surface area contributed by atoms with Crippen molar-refractivity contribution in [2.24, 2.45) is 0 Å². The predicted molar refractivity (Wildman–Crippen MR) is 55.1 cm³/mol. The van der Waals surface area contributed by atoms with E-state index in [1.165, 1.54) is 19.2 Å². The van der Waals surface area contributed by atoms with Crippen LogP contribution in [0.1, 0.15) is 10.6 Å². The molecule has 0 spiro atoms. The smallest absolute Gasteiger partial charge is 0.374 e. The van der Waals surface area contributed by atoms with Crippen molar-refractivity contribution in [1.82, 2.24) is 9.97 Å². The molecule has 4 nitrogen and oxygen atoms in total. The molecule has 78 valence electrons. The fourth-order valence-electron chi connectivity index (χ4n) is 1.22. The molecule has 0 aliphatic carbocycles. The van der Waals surface area contributed by atoms with E-state index in [0.717, 1.165) is 0 Å². The summed E-state index contributed by atoms with van der Waals surface area (Å²) in [4.78, 5) is 17.6. The second kappa shape index (κ2) is 3.62. The molecule has 1 heterocycles. The Morgan fingerprint density at radius 1 is 1.60 bits per heavy atom. The fraction of sp³-hybridized carbons (Fsp3) is 0.111. The van der Waals surface area contributed by atoms with Gasteiger partial charge in [-0.05, 0) is 28.1 Å². The Labute approximate surface area is 92.6 Å². The van der Waals surface area contributed by atoms with Crippen molar-refractivity contribution in [3.63, 3.8) is 0 Å². The molecule has 1 aromatic heterocycles. The number of aromatic amines is 1. The average Bonchev–Trinajstić information content (AvgIpc) is 2.68. The third-order valence-corrected chi connectivity index (χ3v) is 2.58. The molecule has 0 saturated heterocycles. The fourth-order valence-corrected chi connectivity index (χ4v) is 1.64. The van der Waals surface area contributed by atoms with Gasteiger partial charge in [-0.3, -0.25) is 0 Å². The van der Waals surface area contributed by atoms with Crippen LogP contribution in [0.3, 0.4) is 0 Å². The molecule has 15 heavy (non-hydrogen) atoms. The van der Waals surface area contributed by atoms with Gasteiger partial charge in [0.1, 0.15) is 5.52 Å². The van der Waals surface area contributed by atoms with Crippen molar-refractivity contribution < 1.29 is 13.9 Å². The van der Waals surface area contributed by atoms with E-state index in [9.17, 15) is 9.18 Å². The van der Waals surface area contributed by atoms with Crippen molar-refractivity contribution >= 4 is 32.9 Å². The number of methoxy groups -OCH3 is 1. The molecule has 0 fully saturated rings. The lowest BCUT2D eigenvalue weighted by Crippen LogP contribution is -2.02. The quantitative estimate of drug-likeness (QED) is 0.811. The summed E-state index contributed by atoms with van der Waals surface area (Å²) in [5.41, 5.74) is 0.556. The van der Waals surface area contributed by atoms with Crippen molar-refractivity contribution in [2.75, 3.05) is 7.11 Å². The zero-order valence-corrected chi connectivity index (χ0v) is 9.26. The number of nitrogens with zero attached hydrogens (tertiary/aromatic N) is 1. The number of hydrogen-bond acceptors (Lipinski definition) is 3. The lowest BCUT2D eigenvalue weighted by Gasteiger charge is -1.92. The number of imidazole rings is 1. The van der Waals surface area contributed by atoms with E-state index < -0.39 is 11.8 Å². The molecule has 1 aromatic carbocycles. The van der Waals surface area contributed by atoms with Crippen LogP contribution >= 0.6 is 15.9 Å². The highest BCUT2D eigenvalue weighted by Crippen LogP contribution is 2.24. The van der Waals surface area contributed by atoms with Crippen LogP contribution < -0.4 is 0 Å². The van der Waals surface area contributed by atoms with E-state index in [0.29, 0.717) is 9.99 Å². The van der Waals surface area contributed by atoms with E-state index in [2.05, 4.69) is 30.6 Å². The van der Waals surface area contributed by atoms with Gasteiger partial charge in [-0.25, -0.2) is 14.2 Å². The standard InChI is InChI=1S/C9H6BrFN2O2/c1-15-9(14)8-12-6-4(10)2-3-5(11)7(6)13-8/h2-3H,1H3,(H,12,13). The monoisotopic (exact) mass is 272 g/mol. The summed E-state index contributed by atoms with van der Waals surface area (Å²) in [5.74, 6) is -1.13. The molecule has 0 saturated carbocycles. The average molecular weight is 273 g/mol. The Balaban J connectivity index is 2.70. The van der Waals surface area contributed by atoms with Crippen LogP contribution in [-0.4, -0.2) is 23.0 Å². The number of nitrogens with one attached hydrogen (secondary N) is 1. The first-order valence-electron chi connectivity index (χ1n) is 4.05. The van der Waals surface area contributed by atoms with Crippen LogP contribution in [0, 0.1) is 5.82 Å². The topological polar surface area (TPSA) is 55.0 Å². The van der Waals surface area contributed by atoms with Gasteiger partial charge in [-0.2, -0.15) is 0 Å². The third-order valence-electron chi connectivity index (χ3n) is 1.92. The zero-order chi connectivity index (χ0) is 11.0. The van der Waals surface area contributed by atoms with Gasteiger partial charge in [0.25, 0.3) is 0 Å². The van der Waals surface area contributed by atoms with Crippen LogP contribution in [0.15, 0.2) is 16.6 Å². The minimum Gasteiger partial charge on any atom is -0.463 e. The lowest BCUT2D eigenvalue weighted by molar-refractivity contribution is 0.0588. The van der Waals surface area contributed by atoms with Crippen LogP contribution in [0.4, 0.5) is 4.39 Å². The number of H-pyrrole nitrogens is 1. The molecule has 0 amide bonds. The van der Waals surface area contributed by atoms with Gasteiger partial charge in [-0.1, -0.05) is 0 Å². The van der Waals surface area contributed by atoms with Crippen LogP contribution in [-0.2, 0) is 4.74 Å². The molecule has 0 bridgehead atoms. The molecule has 0 aliphatic heterocycles. The van der Waals surface area contributed by atoms with E-state index in [4.69, 9.17) is 0 Å². The van der Waals surface area contributed by atoms with E-state index in [1.807, 2.05) is 0 Å². The highest BCUT2D eigenvalue weighted by atomic mass is 79.9. The highest BCUT2D eigenvalue weighted by molar-refractivity contribution is 9.10. The number of esters is 1. The molecule has 0 atom stereocenters. The minimum atomic E-state index is -0.627. The van der Waals surface area contributed by atoms with Gasteiger partial charge in [0, 0.05) is 4.47 Å². The first kappa shape index (κ1) is 10.1. The SMILES string of the molecule is COC(=O)c1nc2c(F)ccc(Br)c2[nH]1. The number of benzene rings is 1. The lowest BCUT2D eigenvalue weighted by atomic mass is 10.3. The van der Waals surface area contributed by atoms with Gasteiger partial charge in [0.15, 0.2) is 5.82 Å². The van der Waals surface area contributed by atoms with Gasteiger partial charge in [0.05, 0.1) is 12.6 Å². The van der Waals surface area contributed by atoms with Gasteiger partial charge >= 0.3 is 5.97 Å². The second-order valence-electron chi connectivity index (χ2n) is 2.83. The molecule has 0 unspecified atom stereocenters. The maximum absolute atomic E-state index is 13.3. The van der Waals surface area contributed by atoms with Crippen LogP contribution in [0.5, 0.6) is 0 Å². The normalized spacial score (nSPS) is 10.6. The van der Waals surface area contributed by atoms with Gasteiger partial charge in [0.2, 0.25) is 5.82 Å². The number of carbonyl (C=O) groups excluding carboxylic acids is 1. The summed E-state index contributed by atoms with van der Waals surface area (Å²) in [6.07, 6.45) is 0. The molecular weight excluding hydrogens is 267 g/mol. The van der Waals surface area contributed by atoms with Gasteiger partial charge in [-0.15, -0.1) is 0 Å². The Bertz CT molecular complexity index is 499. The van der Waals surface area contributed by atoms with Gasteiger partial charge < -0.3 is 9.72 Å². The van der Waals surface area contributed by atoms with Crippen LogP contribution in [0.25, 0.3) is 11.0 Å². The second-order valence-corrected chi connectivity index (χ2v) is 3.68. The number of carbonyl (C=O) groups is 1. The number of rotatable bonds is 1. The third kappa shape index (κ3) is 1.61. The van der Waals surface area contributed by atoms with E-state index >= 15 is 0 Å². The van der Waals surface area contributed by atoms with Crippen molar-refractivity contribution in [3.8, 4) is 0 Å². The molecule has 1 N–H and O–H groups in total. The van der Waals surface area contributed by atoms with E-state index in [-0.39, 0.29) is 11.3 Å². The molecule has 0 radical (unpaired) electrons. The summed E-state index contributed by atoms with van der Waals surface area (Å²) in [6, 6.07) is 2.81. The maximum Gasteiger partial charge on any atom is 0.374 e.